The lowest BCUT2D eigenvalue weighted by molar-refractivity contribution is 0.0601. The fourth-order valence-electron chi connectivity index (χ4n) is 1.29. The number of benzene rings is 1. The molecule has 0 radical (unpaired) electrons. The second-order valence-corrected chi connectivity index (χ2v) is 4.70. The van der Waals surface area contributed by atoms with Gasteiger partial charge < -0.3 is 4.74 Å². The van der Waals surface area contributed by atoms with Gasteiger partial charge in [-0.25, -0.2) is 4.79 Å². The minimum atomic E-state index is -0.273. The third kappa shape index (κ3) is 4.27. The number of rotatable bonds is 6. The summed E-state index contributed by atoms with van der Waals surface area (Å²) in [5.41, 5.74) is 1.87. The Morgan fingerprint density at radius 1 is 1.31 bits per heavy atom. The normalized spacial score (nSPS) is 10.1. The molecule has 0 aromatic heterocycles. The monoisotopic (exact) mass is 238 g/mol. The Balaban J connectivity index is 2.42. The Kier molecular flexibility index (Phi) is 6.01. The van der Waals surface area contributed by atoms with Crippen LogP contribution < -0.4 is 0 Å². The van der Waals surface area contributed by atoms with Crippen LogP contribution in [0, 0.1) is 0 Å². The van der Waals surface area contributed by atoms with Gasteiger partial charge in [-0.15, -0.1) is 0 Å². The first-order valence-electron chi connectivity index (χ1n) is 5.53. The highest BCUT2D eigenvalue weighted by Gasteiger charge is 2.03. The van der Waals surface area contributed by atoms with Gasteiger partial charge in [0, 0.05) is 5.75 Å². The van der Waals surface area contributed by atoms with Crippen LogP contribution in [0.2, 0.25) is 0 Å². The number of ether oxygens (including phenoxy) is 1. The summed E-state index contributed by atoms with van der Waals surface area (Å²) in [6, 6.07) is 7.62. The van der Waals surface area contributed by atoms with Gasteiger partial charge in [-0.1, -0.05) is 25.5 Å². The van der Waals surface area contributed by atoms with E-state index in [4.69, 9.17) is 0 Å². The van der Waals surface area contributed by atoms with Gasteiger partial charge in [0.15, 0.2) is 0 Å². The SMILES string of the molecule is CCCCSCc1ccc(C(=O)OC)cc1. The highest BCUT2D eigenvalue weighted by molar-refractivity contribution is 7.98. The van der Waals surface area contributed by atoms with Gasteiger partial charge in [0.05, 0.1) is 12.7 Å². The highest BCUT2D eigenvalue weighted by Crippen LogP contribution is 2.14. The molecule has 0 spiro atoms. The average Bonchev–Trinajstić information content (AvgIpc) is 2.34. The van der Waals surface area contributed by atoms with E-state index in [1.165, 1.54) is 31.3 Å². The van der Waals surface area contributed by atoms with Gasteiger partial charge in [0.25, 0.3) is 0 Å². The predicted molar refractivity (Wildman–Crippen MR) is 68.9 cm³/mol. The first kappa shape index (κ1) is 13.1. The Bertz CT molecular complexity index is 319. The molecule has 0 amide bonds. The third-order valence-electron chi connectivity index (χ3n) is 2.29. The maximum Gasteiger partial charge on any atom is 0.337 e. The molecule has 0 unspecified atom stereocenters. The van der Waals surface area contributed by atoms with Crippen LogP contribution >= 0.6 is 11.8 Å². The molecule has 3 heteroatoms. The lowest BCUT2D eigenvalue weighted by atomic mass is 10.1. The molecule has 0 atom stereocenters. The predicted octanol–water partition coefficient (Wildman–Crippen LogP) is 3.51. The Hall–Kier alpha value is -0.960. The largest absolute Gasteiger partial charge is 0.465 e. The van der Waals surface area contributed by atoms with Crippen LogP contribution in [-0.4, -0.2) is 18.8 Å². The zero-order valence-corrected chi connectivity index (χ0v) is 10.7. The first-order valence-corrected chi connectivity index (χ1v) is 6.68. The van der Waals surface area contributed by atoms with Crippen molar-refractivity contribution in [2.24, 2.45) is 0 Å². The van der Waals surface area contributed by atoms with Crippen molar-refractivity contribution >= 4 is 17.7 Å². The third-order valence-corrected chi connectivity index (χ3v) is 3.40. The molecule has 0 aliphatic carbocycles. The summed E-state index contributed by atoms with van der Waals surface area (Å²) in [6.45, 7) is 2.20. The lowest BCUT2D eigenvalue weighted by Gasteiger charge is -2.03. The van der Waals surface area contributed by atoms with Crippen molar-refractivity contribution in [2.45, 2.75) is 25.5 Å². The van der Waals surface area contributed by atoms with Crippen LogP contribution in [0.25, 0.3) is 0 Å². The molecular weight excluding hydrogens is 220 g/mol. The molecule has 1 rings (SSSR count). The summed E-state index contributed by atoms with van der Waals surface area (Å²) in [5, 5.41) is 0. The number of hydrogen-bond donors (Lipinski definition) is 0. The average molecular weight is 238 g/mol. The van der Waals surface area contributed by atoms with E-state index < -0.39 is 0 Å². The number of hydrogen-bond acceptors (Lipinski definition) is 3. The van der Waals surface area contributed by atoms with Gasteiger partial charge in [0.2, 0.25) is 0 Å². The lowest BCUT2D eigenvalue weighted by Crippen LogP contribution is -2.00. The van der Waals surface area contributed by atoms with Crippen LogP contribution in [0.1, 0.15) is 35.7 Å². The maximum atomic E-state index is 11.2. The summed E-state index contributed by atoms with van der Waals surface area (Å²) < 4.78 is 4.65. The van der Waals surface area contributed by atoms with E-state index >= 15 is 0 Å². The van der Waals surface area contributed by atoms with Crippen LogP contribution in [0.4, 0.5) is 0 Å². The molecule has 0 fully saturated rings. The standard InChI is InChI=1S/C13H18O2S/c1-3-4-9-16-10-11-5-7-12(8-6-11)13(14)15-2/h5-8H,3-4,9-10H2,1-2H3. The van der Waals surface area contributed by atoms with Gasteiger partial charge >= 0.3 is 5.97 Å². The molecule has 0 aliphatic rings. The van der Waals surface area contributed by atoms with Crippen molar-refractivity contribution in [1.82, 2.24) is 0 Å². The van der Waals surface area contributed by atoms with Gasteiger partial charge in [-0.05, 0) is 29.9 Å². The first-order chi connectivity index (χ1) is 7.77. The summed E-state index contributed by atoms with van der Waals surface area (Å²) >= 11 is 1.93. The van der Waals surface area contributed by atoms with E-state index in [9.17, 15) is 4.79 Å². The molecule has 88 valence electrons. The summed E-state index contributed by atoms with van der Waals surface area (Å²) in [4.78, 5) is 11.2. The molecule has 0 aliphatic heterocycles. The maximum absolute atomic E-state index is 11.2. The molecule has 0 heterocycles. The molecule has 0 bridgehead atoms. The summed E-state index contributed by atoms with van der Waals surface area (Å²) in [7, 11) is 1.40. The molecule has 16 heavy (non-hydrogen) atoms. The highest BCUT2D eigenvalue weighted by atomic mass is 32.2. The molecule has 0 N–H and O–H groups in total. The van der Waals surface area contributed by atoms with Gasteiger partial charge in [-0.2, -0.15) is 11.8 Å². The van der Waals surface area contributed by atoms with Crippen molar-refractivity contribution < 1.29 is 9.53 Å². The van der Waals surface area contributed by atoms with Crippen molar-refractivity contribution in [1.29, 1.82) is 0 Å². The second kappa shape index (κ2) is 7.34. The molecule has 0 saturated heterocycles. The number of thioether (sulfide) groups is 1. The fourth-order valence-corrected chi connectivity index (χ4v) is 2.36. The van der Waals surface area contributed by atoms with Gasteiger partial charge in [0.1, 0.15) is 0 Å². The van der Waals surface area contributed by atoms with Crippen LogP contribution in [0.15, 0.2) is 24.3 Å². The molecule has 2 nitrogen and oxygen atoms in total. The quantitative estimate of drug-likeness (QED) is 0.560. The Morgan fingerprint density at radius 2 is 2.00 bits per heavy atom. The number of methoxy groups -OCH3 is 1. The van der Waals surface area contributed by atoms with E-state index in [1.54, 1.807) is 0 Å². The van der Waals surface area contributed by atoms with Crippen LogP contribution in [0.3, 0.4) is 0 Å². The van der Waals surface area contributed by atoms with E-state index in [0.29, 0.717) is 5.56 Å². The molecule has 0 saturated carbocycles. The Morgan fingerprint density at radius 3 is 2.56 bits per heavy atom. The van der Waals surface area contributed by atoms with Crippen molar-refractivity contribution in [3.8, 4) is 0 Å². The smallest absolute Gasteiger partial charge is 0.337 e. The fraction of sp³-hybridized carbons (Fsp3) is 0.462. The topological polar surface area (TPSA) is 26.3 Å². The van der Waals surface area contributed by atoms with E-state index in [2.05, 4.69) is 11.7 Å². The molecule has 1 aromatic rings. The van der Waals surface area contributed by atoms with Crippen LogP contribution in [0.5, 0.6) is 0 Å². The number of unbranched alkanes of at least 4 members (excludes halogenated alkanes) is 1. The zero-order valence-electron chi connectivity index (χ0n) is 9.86. The summed E-state index contributed by atoms with van der Waals surface area (Å²) in [6.07, 6.45) is 2.51. The minimum Gasteiger partial charge on any atom is -0.465 e. The number of carbonyl (C=O) groups excluding carboxylic acids is 1. The van der Waals surface area contributed by atoms with E-state index in [1.807, 2.05) is 36.0 Å². The number of esters is 1. The zero-order chi connectivity index (χ0) is 11.8. The minimum absolute atomic E-state index is 0.273. The van der Waals surface area contributed by atoms with E-state index in [-0.39, 0.29) is 5.97 Å². The van der Waals surface area contributed by atoms with Crippen molar-refractivity contribution in [2.75, 3.05) is 12.9 Å². The number of carbonyl (C=O) groups is 1. The Labute approximate surface area is 101 Å². The van der Waals surface area contributed by atoms with Gasteiger partial charge in [-0.3, -0.25) is 0 Å². The molecular formula is C13H18O2S. The van der Waals surface area contributed by atoms with Crippen LogP contribution in [-0.2, 0) is 10.5 Å². The van der Waals surface area contributed by atoms with E-state index in [0.717, 1.165) is 5.75 Å². The van der Waals surface area contributed by atoms with Crippen molar-refractivity contribution in [3.63, 3.8) is 0 Å². The molecule has 1 aromatic carbocycles. The second-order valence-electron chi connectivity index (χ2n) is 3.59. The van der Waals surface area contributed by atoms with Crippen molar-refractivity contribution in [3.05, 3.63) is 35.4 Å². The summed E-state index contributed by atoms with van der Waals surface area (Å²) in [5.74, 6) is 1.95.